The van der Waals surface area contributed by atoms with Crippen LogP contribution in [0.4, 0.5) is 0 Å². The third kappa shape index (κ3) is 29.7. The smallest absolute Gasteiger partial charge is 0.326 e. The number of amides is 13. The number of nitrogens with one attached hydrogen (secondary N) is 13. The molecule has 3 aromatic rings. The van der Waals surface area contributed by atoms with Gasteiger partial charge in [-0.25, -0.2) is 9.78 Å². The summed E-state index contributed by atoms with van der Waals surface area (Å²) < 4.78 is 0. The van der Waals surface area contributed by atoms with Crippen LogP contribution in [0, 0.1) is 0 Å². The van der Waals surface area contributed by atoms with Crippen LogP contribution >= 0.6 is 11.8 Å². The number of carbonyl (C=O) groups excluding carboxylic acids is 13. The highest BCUT2D eigenvalue weighted by Gasteiger charge is 2.38. The van der Waals surface area contributed by atoms with Gasteiger partial charge < -0.3 is 113 Å². The number of aliphatic hydroxyl groups is 2. The summed E-state index contributed by atoms with van der Waals surface area (Å²) in [7, 11) is 0. The molecule has 12 atom stereocenters. The van der Waals surface area contributed by atoms with Crippen molar-refractivity contribution in [1.82, 2.24) is 73.8 Å². The minimum absolute atomic E-state index is 0.0127. The van der Waals surface area contributed by atoms with Crippen molar-refractivity contribution in [2.24, 2.45) is 38.7 Å². The molecule has 1 aliphatic rings. The van der Waals surface area contributed by atoms with Gasteiger partial charge in [-0.2, -0.15) is 0 Å². The lowest BCUT2D eigenvalue weighted by atomic mass is 9.97. The third-order valence-electron chi connectivity index (χ3n) is 15.4. The number of guanidine groups is 2. The summed E-state index contributed by atoms with van der Waals surface area (Å²) in [6.07, 6.45) is -4.67. The number of primary amides is 1. The first kappa shape index (κ1) is 82.7. The number of hydrogen-bond donors (Lipinski definition) is 21. The Morgan fingerprint density at radius 3 is 1.73 bits per heavy atom. The molecule has 1 saturated heterocycles. The summed E-state index contributed by atoms with van der Waals surface area (Å²) in [5.41, 5.74) is 28.6. The molecule has 0 saturated carbocycles. The molecule has 554 valence electrons. The second kappa shape index (κ2) is 42.3. The van der Waals surface area contributed by atoms with Crippen molar-refractivity contribution in [2.75, 3.05) is 31.3 Å². The van der Waals surface area contributed by atoms with Gasteiger partial charge in [0.1, 0.15) is 60.4 Å². The SMILES string of the molecule is CC(=O)NCSC[C@@H]1NC(=O)[C@H]([C@@H](C)O)NC(=O)[C@@H](NC(C)=O)CCC(=O)NCCC[C@@H](C(=O)N[C@@H](Cc2cnc[nH]2)C(=O)O)NC(=O)[C@H](CCCN=C(N)N)NC(=O)[C@H](Cc2cccc3ccccc23)NC(=O)[C@H]([C@@H](C)O)NC(=O)[C@H](CCC(N)=O)NC(=O)[C@H](CCCN=C(N)N)NC1=O. The van der Waals surface area contributed by atoms with Crippen LogP contribution in [-0.2, 0) is 80.0 Å². The summed E-state index contributed by atoms with van der Waals surface area (Å²) >= 11 is 0.909. The van der Waals surface area contributed by atoms with Crippen LogP contribution in [0.2, 0.25) is 0 Å². The molecule has 13 amide bonds. The number of aliphatic carboxylic acids is 1. The van der Waals surface area contributed by atoms with Gasteiger partial charge in [0.25, 0.3) is 0 Å². The first-order valence-corrected chi connectivity index (χ1v) is 33.5. The van der Waals surface area contributed by atoms with E-state index in [0.717, 1.165) is 32.5 Å². The van der Waals surface area contributed by atoms with Gasteiger partial charge >= 0.3 is 5.97 Å². The predicted octanol–water partition coefficient (Wildman–Crippen LogP) is -7.05. The zero-order valence-corrected chi connectivity index (χ0v) is 57.2. The molecular formula is C62H93N21O17S. The largest absolute Gasteiger partial charge is 0.480 e. The van der Waals surface area contributed by atoms with Gasteiger partial charge in [0.2, 0.25) is 76.8 Å². The van der Waals surface area contributed by atoms with E-state index in [1.54, 1.807) is 42.5 Å². The van der Waals surface area contributed by atoms with Crippen molar-refractivity contribution < 1.29 is 82.4 Å². The highest BCUT2D eigenvalue weighted by Crippen LogP contribution is 2.21. The number of benzene rings is 2. The van der Waals surface area contributed by atoms with Crippen molar-refractivity contribution >= 4 is 117 Å². The van der Waals surface area contributed by atoms with E-state index >= 15 is 4.79 Å². The molecule has 101 heavy (non-hydrogen) atoms. The summed E-state index contributed by atoms with van der Waals surface area (Å²) in [6.45, 7) is 4.04. The molecule has 0 radical (unpaired) electrons. The Morgan fingerprint density at radius 1 is 0.644 bits per heavy atom. The number of fused-ring (bicyclic) bond motifs is 1. The van der Waals surface area contributed by atoms with Crippen molar-refractivity contribution in [1.29, 1.82) is 0 Å². The van der Waals surface area contributed by atoms with E-state index in [-0.39, 0.29) is 94.5 Å². The van der Waals surface area contributed by atoms with Crippen LogP contribution in [0.1, 0.15) is 103 Å². The van der Waals surface area contributed by atoms with Crippen LogP contribution in [0.3, 0.4) is 0 Å². The monoisotopic (exact) mass is 1440 g/mol. The van der Waals surface area contributed by atoms with Gasteiger partial charge in [-0.15, -0.1) is 11.8 Å². The number of carbonyl (C=O) groups is 14. The second-order valence-corrected chi connectivity index (χ2v) is 24.8. The first-order valence-electron chi connectivity index (χ1n) is 32.3. The van der Waals surface area contributed by atoms with Crippen LogP contribution < -0.4 is 92.5 Å². The Labute approximate surface area is 584 Å². The van der Waals surface area contributed by atoms with Gasteiger partial charge in [0, 0.05) is 76.8 Å². The fourth-order valence-electron chi connectivity index (χ4n) is 10.2. The van der Waals surface area contributed by atoms with Crippen LogP contribution in [-0.4, -0.2) is 224 Å². The van der Waals surface area contributed by atoms with Gasteiger partial charge in [-0.3, -0.25) is 72.3 Å². The number of carboxylic acids is 1. The number of nitrogens with zero attached hydrogens (tertiary/aromatic N) is 3. The number of H-pyrrole nitrogens is 1. The fourth-order valence-corrected chi connectivity index (χ4v) is 11.1. The average molecular weight is 1440 g/mol. The van der Waals surface area contributed by atoms with Crippen LogP contribution in [0.15, 0.2) is 65.0 Å². The quantitative estimate of drug-likeness (QED) is 0.0162. The van der Waals surface area contributed by atoms with Crippen LogP contribution in [0.5, 0.6) is 0 Å². The lowest BCUT2D eigenvalue weighted by molar-refractivity contribution is -0.142. The van der Waals surface area contributed by atoms with E-state index in [0.29, 0.717) is 22.0 Å². The van der Waals surface area contributed by atoms with E-state index in [1.165, 1.54) is 19.4 Å². The van der Waals surface area contributed by atoms with Gasteiger partial charge in [0.15, 0.2) is 11.9 Å². The van der Waals surface area contributed by atoms with E-state index in [1.807, 2.05) is 0 Å². The molecule has 1 aliphatic heterocycles. The summed E-state index contributed by atoms with van der Waals surface area (Å²) in [5, 5.41) is 63.6. The summed E-state index contributed by atoms with van der Waals surface area (Å²) in [5.74, 6) is -15.5. The maximum Gasteiger partial charge on any atom is 0.326 e. The normalized spacial score (nSPS) is 22.4. The number of aliphatic hydroxyl groups excluding tert-OH is 2. The molecule has 1 aromatic heterocycles. The first-order chi connectivity index (χ1) is 47.8. The molecule has 2 heterocycles. The number of nitrogens with two attached hydrogens (primary N) is 5. The molecule has 38 nitrogen and oxygen atoms in total. The van der Waals surface area contributed by atoms with Crippen molar-refractivity contribution in [3.05, 3.63) is 66.2 Å². The van der Waals surface area contributed by atoms with Crippen molar-refractivity contribution in [2.45, 2.75) is 177 Å². The molecule has 39 heteroatoms. The number of carboxylic acid groups (broad SMARTS) is 1. The number of imidazole rings is 1. The maximum absolute atomic E-state index is 15.1. The maximum atomic E-state index is 15.1. The number of hydrogen-bond acceptors (Lipinski definition) is 20. The number of aromatic nitrogens is 2. The zero-order valence-electron chi connectivity index (χ0n) is 56.3. The summed E-state index contributed by atoms with van der Waals surface area (Å²) in [6, 6.07) is -4.98. The topological polar surface area (TPSA) is 628 Å². The standard InChI is InChI=1S/C62H93N21O17S/c1-31(84)49-58(97)79-44(25-36-13-7-12-35-11-5-6-14-38(35)36)56(95)76-39(16-9-23-70-61(64)65)51(90)75-41(53(92)80-45(60(99)100)26-37-27-68-29-72-37)15-8-22-69-48(89)21-19-42(74-34(4)87)54(93)82-50(32(2)85)59(98)81-46(28-101-30-73-33(3)86)57(96)77-40(17-10-24-71-62(66)67)52(91)78-43(55(94)83-49)18-20-47(63)88/h5-7,11-14,27,29,31-32,39-46,49-50,84-85H,8-10,15-26,28,30H2,1-4H3,(H2,63,88)(H,68,72)(H,69,89)(H,73,86)(H,74,87)(H,75,90)(H,76,95)(H,77,96)(H,78,91)(H,79,97)(H,80,92)(H,81,98)(H,82,93)(H,83,94)(H,99,100)(H4,64,65,70)(H4,66,67,71)/t31-,32-,39+,40+,41+,42+,43+,44+,45+,46+,49+,50+/m1/s1. The molecule has 0 bridgehead atoms. The van der Waals surface area contributed by atoms with Gasteiger partial charge in [0.05, 0.1) is 24.4 Å². The van der Waals surface area contributed by atoms with Gasteiger partial charge in [-0.05, 0) is 81.5 Å². The predicted molar refractivity (Wildman–Crippen MR) is 367 cm³/mol. The fraction of sp³-hybridized carbons (Fsp3) is 0.532. The molecule has 2 aromatic carbocycles. The van der Waals surface area contributed by atoms with E-state index in [4.69, 9.17) is 28.7 Å². The summed E-state index contributed by atoms with van der Waals surface area (Å²) in [4.78, 5) is 208. The molecule has 0 aliphatic carbocycles. The molecule has 4 rings (SSSR count). The zero-order chi connectivity index (χ0) is 74.9. The number of aliphatic imine (C=N–C) groups is 2. The Kier molecular flexibility index (Phi) is 34.6. The highest BCUT2D eigenvalue weighted by molar-refractivity contribution is 7.99. The minimum atomic E-state index is -1.99. The second-order valence-electron chi connectivity index (χ2n) is 23.8. The average Bonchev–Trinajstić information content (AvgIpc) is 0.901. The minimum Gasteiger partial charge on any atom is -0.480 e. The molecule has 0 unspecified atom stereocenters. The lowest BCUT2D eigenvalue weighted by Gasteiger charge is -2.29. The van der Waals surface area contributed by atoms with Gasteiger partial charge in [-0.1, -0.05) is 42.5 Å². The number of rotatable bonds is 25. The Morgan fingerprint density at radius 2 is 1.18 bits per heavy atom. The van der Waals surface area contributed by atoms with E-state index in [2.05, 4.69) is 83.8 Å². The van der Waals surface area contributed by atoms with E-state index in [9.17, 15) is 77.6 Å². The molecule has 26 N–H and O–H groups in total. The van der Waals surface area contributed by atoms with Crippen molar-refractivity contribution in [3.8, 4) is 0 Å². The number of aromatic amines is 1. The Balaban J connectivity index is 1.91. The molecular weight excluding hydrogens is 1340 g/mol. The Hall–Kier alpha value is -10.7. The molecule has 1 fully saturated rings. The Bertz CT molecular complexity index is 3440. The lowest BCUT2D eigenvalue weighted by Crippen LogP contribution is -2.62. The molecule has 0 spiro atoms. The number of thioether (sulfide) groups is 1. The highest BCUT2D eigenvalue weighted by atomic mass is 32.2. The van der Waals surface area contributed by atoms with E-state index < -0.39 is 181 Å². The third-order valence-corrected chi connectivity index (χ3v) is 16.4. The van der Waals surface area contributed by atoms with Crippen LogP contribution in [0.25, 0.3) is 10.8 Å². The van der Waals surface area contributed by atoms with Crippen molar-refractivity contribution in [3.63, 3.8) is 0 Å².